The van der Waals surface area contributed by atoms with Crippen molar-refractivity contribution in [2.24, 2.45) is 0 Å². The van der Waals surface area contributed by atoms with Crippen LogP contribution in [0.3, 0.4) is 0 Å². The molecule has 1 fully saturated rings. The molecule has 0 unspecified atom stereocenters. The summed E-state index contributed by atoms with van der Waals surface area (Å²) in [6.07, 6.45) is 2.48. The van der Waals surface area contributed by atoms with Crippen LogP contribution in [-0.4, -0.2) is 37.4 Å². The van der Waals surface area contributed by atoms with Crippen molar-refractivity contribution in [3.63, 3.8) is 0 Å². The lowest BCUT2D eigenvalue weighted by Gasteiger charge is -2.06. The molecule has 20 heavy (non-hydrogen) atoms. The van der Waals surface area contributed by atoms with Crippen molar-refractivity contribution in [3.8, 4) is 5.88 Å². The van der Waals surface area contributed by atoms with Gasteiger partial charge < -0.3 is 19.2 Å². The first-order valence-corrected chi connectivity index (χ1v) is 6.29. The highest BCUT2D eigenvalue weighted by atomic mass is 19.1. The second kappa shape index (κ2) is 8.31. The minimum absolute atomic E-state index is 0.208. The van der Waals surface area contributed by atoms with Gasteiger partial charge in [0.05, 0.1) is 13.7 Å². The van der Waals surface area contributed by atoms with Gasteiger partial charge in [0.1, 0.15) is 0 Å². The summed E-state index contributed by atoms with van der Waals surface area (Å²) in [6, 6.07) is 1.05. The number of hydrogen-bond donors (Lipinski definition) is 1. The molecule has 0 aromatic carbocycles. The van der Waals surface area contributed by atoms with Gasteiger partial charge in [0.25, 0.3) is 0 Å². The van der Waals surface area contributed by atoms with Crippen LogP contribution >= 0.6 is 0 Å². The molecule has 2 heterocycles. The molecule has 6 nitrogen and oxygen atoms in total. The molecule has 0 radical (unpaired) electrons. The Bertz CT molecular complexity index is 482. The van der Waals surface area contributed by atoms with Gasteiger partial charge in [-0.3, -0.25) is 4.79 Å². The zero-order valence-electron chi connectivity index (χ0n) is 11.5. The van der Waals surface area contributed by atoms with Crippen LogP contribution in [0.2, 0.25) is 0 Å². The van der Waals surface area contributed by atoms with E-state index in [1.807, 2.05) is 0 Å². The van der Waals surface area contributed by atoms with Crippen molar-refractivity contribution in [3.05, 3.63) is 28.3 Å². The van der Waals surface area contributed by atoms with E-state index in [0.717, 1.165) is 25.1 Å². The molecule has 1 aromatic heterocycles. The first kappa shape index (κ1) is 16.2. The molecule has 1 N–H and O–H groups in total. The monoisotopic (exact) mass is 287 g/mol. The first-order valence-electron chi connectivity index (χ1n) is 6.29. The number of rotatable bonds is 3. The fraction of sp³-hybridized carbons (Fsp3) is 0.538. The van der Waals surface area contributed by atoms with Crippen molar-refractivity contribution in [2.45, 2.75) is 25.9 Å². The lowest BCUT2D eigenvalue weighted by molar-refractivity contribution is -0.153. The van der Waals surface area contributed by atoms with E-state index in [9.17, 15) is 14.0 Å². The predicted octanol–water partition coefficient (Wildman–Crippen LogP) is 1.25. The van der Waals surface area contributed by atoms with Gasteiger partial charge in [-0.25, -0.2) is 9.18 Å². The van der Waals surface area contributed by atoms with E-state index in [1.54, 1.807) is 6.92 Å². The van der Waals surface area contributed by atoms with E-state index in [4.69, 9.17) is 9.47 Å². The summed E-state index contributed by atoms with van der Waals surface area (Å²) in [4.78, 5) is 23.9. The lowest BCUT2D eigenvalue weighted by Crippen LogP contribution is -2.21. The molecule has 2 rings (SSSR count). The van der Waals surface area contributed by atoms with Crippen molar-refractivity contribution >= 4 is 5.97 Å². The minimum atomic E-state index is -0.805. The van der Waals surface area contributed by atoms with E-state index in [1.165, 1.54) is 7.11 Å². The number of H-pyrrole nitrogens is 1. The van der Waals surface area contributed by atoms with Crippen LogP contribution in [0.5, 0.6) is 5.88 Å². The van der Waals surface area contributed by atoms with Gasteiger partial charge >= 0.3 is 5.97 Å². The molecule has 1 aliphatic heterocycles. The van der Waals surface area contributed by atoms with Crippen molar-refractivity contribution in [1.29, 1.82) is 0 Å². The fourth-order valence-electron chi connectivity index (χ4n) is 1.55. The maximum absolute atomic E-state index is 12.2. The van der Waals surface area contributed by atoms with Gasteiger partial charge in [-0.15, -0.1) is 0 Å². The summed E-state index contributed by atoms with van der Waals surface area (Å²) in [6.45, 7) is 2.94. The Labute approximate surface area is 115 Å². The summed E-state index contributed by atoms with van der Waals surface area (Å²) >= 11 is 0. The van der Waals surface area contributed by atoms with Crippen LogP contribution in [0.15, 0.2) is 17.1 Å². The first-order chi connectivity index (χ1) is 9.58. The number of esters is 1. The number of hydrogen-bond acceptors (Lipinski definition) is 5. The van der Waals surface area contributed by atoms with E-state index in [-0.39, 0.29) is 18.0 Å². The topological polar surface area (TPSA) is 77.6 Å². The molecule has 1 aliphatic rings. The van der Waals surface area contributed by atoms with Crippen molar-refractivity contribution < 1.29 is 23.4 Å². The van der Waals surface area contributed by atoms with E-state index < -0.39 is 11.2 Å². The fourth-order valence-corrected chi connectivity index (χ4v) is 1.55. The molecule has 0 bridgehead atoms. The molecule has 0 amide bonds. The van der Waals surface area contributed by atoms with Gasteiger partial charge in [-0.2, -0.15) is 0 Å². The Kier molecular flexibility index (Phi) is 6.72. The van der Waals surface area contributed by atoms with Gasteiger partial charge in [0, 0.05) is 18.9 Å². The normalized spacial score (nSPS) is 17.1. The van der Waals surface area contributed by atoms with Crippen LogP contribution in [-0.2, 0) is 14.3 Å². The van der Waals surface area contributed by atoms with Crippen LogP contribution in [0.1, 0.15) is 19.8 Å². The zero-order valence-corrected chi connectivity index (χ0v) is 11.5. The molecule has 112 valence electrons. The predicted molar refractivity (Wildman–Crippen MR) is 69.2 cm³/mol. The number of pyridine rings is 1. The van der Waals surface area contributed by atoms with Crippen LogP contribution < -0.4 is 10.2 Å². The third kappa shape index (κ3) is 5.00. The molecule has 1 atom stereocenters. The second-order valence-electron chi connectivity index (χ2n) is 3.97. The van der Waals surface area contributed by atoms with Crippen LogP contribution in [0.25, 0.3) is 0 Å². The molecule has 0 aliphatic carbocycles. The summed E-state index contributed by atoms with van der Waals surface area (Å²) < 4.78 is 26.7. The number of halogens is 1. The molecular formula is C13H18FNO5. The number of carbonyl (C=O) groups excluding carboxylic acids is 1. The SMILES string of the molecule is CCOC(=O)[C@H]1CCCO1.COc1cc(=O)c(F)c[nH]1. The average molecular weight is 287 g/mol. The maximum Gasteiger partial charge on any atom is 0.335 e. The minimum Gasteiger partial charge on any atom is -0.482 e. The third-order valence-corrected chi connectivity index (χ3v) is 2.54. The Morgan fingerprint density at radius 1 is 1.60 bits per heavy atom. The molecule has 0 saturated carbocycles. The molecule has 1 aromatic rings. The average Bonchev–Trinajstić information content (AvgIpc) is 2.97. The van der Waals surface area contributed by atoms with Gasteiger partial charge in [0.15, 0.2) is 17.8 Å². The number of nitrogens with one attached hydrogen (secondary N) is 1. The van der Waals surface area contributed by atoms with E-state index in [2.05, 4.69) is 9.72 Å². The number of methoxy groups -OCH3 is 1. The maximum atomic E-state index is 12.2. The zero-order chi connectivity index (χ0) is 15.0. The largest absolute Gasteiger partial charge is 0.482 e. The highest BCUT2D eigenvalue weighted by Crippen LogP contribution is 2.12. The quantitative estimate of drug-likeness (QED) is 0.847. The summed E-state index contributed by atoms with van der Waals surface area (Å²) in [7, 11) is 1.39. The third-order valence-electron chi connectivity index (χ3n) is 2.54. The van der Waals surface area contributed by atoms with Crippen molar-refractivity contribution in [1.82, 2.24) is 4.98 Å². The summed E-state index contributed by atoms with van der Waals surface area (Å²) in [5.41, 5.74) is -0.671. The number of aromatic nitrogens is 1. The van der Waals surface area contributed by atoms with Crippen LogP contribution in [0.4, 0.5) is 4.39 Å². The molecule has 0 spiro atoms. The molecular weight excluding hydrogens is 269 g/mol. The highest BCUT2D eigenvalue weighted by Gasteiger charge is 2.24. The second-order valence-corrected chi connectivity index (χ2v) is 3.97. The lowest BCUT2D eigenvalue weighted by atomic mass is 10.2. The Morgan fingerprint density at radius 3 is 2.85 bits per heavy atom. The smallest absolute Gasteiger partial charge is 0.335 e. The van der Waals surface area contributed by atoms with Crippen molar-refractivity contribution in [2.75, 3.05) is 20.3 Å². The van der Waals surface area contributed by atoms with E-state index >= 15 is 0 Å². The number of carbonyl (C=O) groups is 1. The number of ether oxygens (including phenoxy) is 3. The Balaban J connectivity index is 0.000000200. The molecule has 7 heteroatoms. The number of aromatic amines is 1. The van der Waals surface area contributed by atoms with E-state index in [0.29, 0.717) is 13.2 Å². The summed E-state index contributed by atoms with van der Waals surface area (Å²) in [5, 5.41) is 0. The van der Waals surface area contributed by atoms with Gasteiger partial charge in [-0.05, 0) is 19.8 Å². The Hall–Kier alpha value is -1.89. The van der Waals surface area contributed by atoms with Gasteiger partial charge in [0.2, 0.25) is 5.43 Å². The highest BCUT2D eigenvalue weighted by molar-refractivity contribution is 5.74. The summed E-state index contributed by atoms with van der Waals surface area (Å²) in [5.74, 6) is -0.757. The van der Waals surface area contributed by atoms with Crippen LogP contribution in [0, 0.1) is 5.82 Å². The molecule has 1 saturated heterocycles. The standard InChI is InChI=1S/C7H12O3.C6H6FNO2/c1-2-9-7(8)6-4-3-5-10-6;1-10-6-2-5(9)4(7)3-8-6/h6H,2-5H2,1H3;2-3H,1H3,(H,8,9)/t6-;/m1./s1. The van der Waals surface area contributed by atoms with Gasteiger partial charge in [-0.1, -0.05) is 0 Å². The Morgan fingerprint density at radius 2 is 2.35 bits per heavy atom.